The van der Waals surface area contributed by atoms with Crippen molar-refractivity contribution in [3.8, 4) is 0 Å². The average Bonchev–Trinajstić information content (AvgIpc) is 3.54. The van der Waals surface area contributed by atoms with Crippen LogP contribution in [-0.2, 0) is 0 Å². The summed E-state index contributed by atoms with van der Waals surface area (Å²) in [6.45, 7) is 0. The van der Waals surface area contributed by atoms with Crippen LogP contribution in [0.25, 0.3) is 45.9 Å². The summed E-state index contributed by atoms with van der Waals surface area (Å²) < 4.78 is 0. The van der Waals surface area contributed by atoms with Crippen LogP contribution in [0, 0.1) is 0 Å². The number of thiol groups is 1. The van der Waals surface area contributed by atoms with E-state index in [1.165, 1.54) is 0 Å². The first-order valence-electron chi connectivity index (χ1n) is 10.1. The largest absolute Gasteiger partial charge is 0.355 e. The molecule has 3 aromatic heterocycles. The number of aromatic nitrogens is 4. The third kappa shape index (κ3) is 3.60. The van der Waals surface area contributed by atoms with Gasteiger partial charge in [0.15, 0.2) is 0 Å². The number of benzene rings is 1. The van der Waals surface area contributed by atoms with Crippen molar-refractivity contribution < 1.29 is 0 Å². The van der Waals surface area contributed by atoms with Gasteiger partial charge in [-0.2, -0.15) is 0 Å². The van der Waals surface area contributed by atoms with Gasteiger partial charge in [0, 0.05) is 32.5 Å². The molecule has 2 aliphatic heterocycles. The van der Waals surface area contributed by atoms with Crippen molar-refractivity contribution in [2.75, 3.05) is 0 Å². The van der Waals surface area contributed by atoms with Crippen LogP contribution in [0.3, 0.4) is 0 Å². The van der Waals surface area contributed by atoms with Crippen molar-refractivity contribution in [1.82, 2.24) is 19.9 Å². The molecule has 4 aromatic rings. The Bertz CT molecular complexity index is 1540. The molecule has 0 fully saturated rings. The summed E-state index contributed by atoms with van der Waals surface area (Å²) in [5, 5.41) is 0. The average molecular weight is 419 g/mol. The SMILES string of the molecule is Sc1ccc(C2=Cc3cc4ccc(cc5nc(cc6ccc(cc2n3)[nH]6)C=C5)[nH]4)cc1. The van der Waals surface area contributed by atoms with E-state index in [0.29, 0.717) is 0 Å². The Hall–Kier alpha value is -3.83. The Morgan fingerprint density at radius 2 is 1.13 bits per heavy atom. The van der Waals surface area contributed by atoms with Gasteiger partial charge in [-0.3, -0.25) is 0 Å². The molecule has 2 aliphatic rings. The zero-order chi connectivity index (χ0) is 20.8. The lowest BCUT2D eigenvalue weighted by Crippen LogP contribution is -1.85. The predicted octanol–water partition coefficient (Wildman–Crippen LogP) is 6.36. The third-order valence-corrected chi connectivity index (χ3v) is 5.64. The van der Waals surface area contributed by atoms with Crippen LogP contribution < -0.4 is 0 Å². The highest BCUT2D eigenvalue weighted by molar-refractivity contribution is 7.80. The van der Waals surface area contributed by atoms with E-state index >= 15 is 0 Å². The highest BCUT2D eigenvalue weighted by Crippen LogP contribution is 2.29. The summed E-state index contributed by atoms with van der Waals surface area (Å²) in [6.07, 6.45) is 6.18. The molecule has 0 spiro atoms. The van der Waals surface area contributed by atoms with Crippen molar-refractivity contribution in [3.63, 3.8) is 0 Å². The lowest BCUT2D eigenvalue weighted by molar-refractivity contribution is 1.30. The van der Waals surface area contributed by atoms with Crippen LogP contribution in [0.1, 0.15) is 28.3 Å². The van der Waals surface area contributed by atoms with Crippen LogP contribution in [0.2, 0.25) is 0 Å². The lowest BCUT2D eigenvalue weighted by Gasteiger charge is -2.02. The fourth-order valence-corrected chi connectivity index (χ4v) is 4.03. The number of rotatable bonds is 1. The summed E-state index contributed by atoms with van der Waals surface area (Å²) >= 11 is 4.42. The quantitative estimate of drug-likeness (QED) is 0.272. The molecule has 4 nitrogen and oxygen atoms in total. The van der Waals surface area contributed by atoms with Crippen LogP contribution >= 0.6 is 12.6 Å². The van der Waals surface area contributed by atoms with Gasteiger partial charge in [-0.1, -0.05) is 12.1 Å². The second kappa shape index (κ2) is 7.15. The van der Waals surface area contributed by atoms with Gasteiger partial charge in [-0.05, 0) is 84.5 Å². The molecule has 0 amide bonds. The minimum atomic E-state index is 0.906. The molecule has 148 valence electrons. The van der Waals surface area contributed by atoms with Crippen molar-refractivity contribution in [3.05, 3.63) is 101 Å². The normalized spacial score (nSPS) is 12.7. The maximum absolute atomic E-state index is 4.91. The molecule has 0 saturated heterocycles. The number of aromatic amines is 2. The Morgan fingerprint density at radius 3 is 1.74 bits per heavy atom. The second-order valence-electron chi connectivity index (χ2n) is 7.64. The molecule has 6 rings (SSSR count). The number of nitrogens with zero attached hydrogens (tertiary/aromatic N) is 2. The van der Waals surface area contributed by atoms with Gasteiger partial charge in [-0.15, -0.1) is 12.6 Å². The molecule has 0 saturated carbocycles. The van der Waals surface area contributed by atoms with Gasteiger partial charge >= 0.3 is 0 Å². The van der Waals surface area contributed by atoms with E-state index in [2.05, 4.69) is 82.2 Å². The van der Waals surface area contributed by atoms with Crippen molar-refractivity contribution in [2.45, 2.75) is 4.90 Å². The monoisotopic (exact) mass is 418 g/mol. The molecule has 5 heterocycles. The van der Waals surface area contributed by atoms with Gasteiger partial charge in [0.05, 0.1) is 22.8 Å². The second-order valence-corrected chi connectivity index (χ2v) is 8.15. The Kier molecular flexibility index (Phi) is 4.14. The van der Waals surface area contributed by atoms with Gasteiger partial charge in [0.1, 0.15) is 0 Å². The predicted molar refractivity (Wildman–Crippen MR) is 131 cm³/mol. The minimum Gasteiger partial charge on any atom is -0.355 e. The standard InChI is InChI=1S/C26H18N4S/c31-24-9-1-16(2-10-24)25-14-23-13-21-6-5-19(28-21)11-17-3-4-18(27-17)12-20-7-8-22(29-20)15-26(25)30-23/h1-15,28-29,31H. The zero-order valence-corrected chi connectivity index (χ0v) is 17.4. The number of H-pyrrole nitrogens is 2. The van der Waals surface area contributed by atoms with Gasteiger partial charge in [0.25, 0.3) is 0 Å². The summed E-state index contributed by atoms with van der Waals surface area (Å²) in [7, 11) is 0. The Balaban J connectivity index is 1.63. The molecule has 31 heavy (non-hydrogen) atoms. The summed E-state index contributed by atoms with van der Waals surface area (Å²) in [5.41, 5.74) is 9.88. The van der Waals surface area contributed by atoms with E-state index in [0.717, 1.165) is 60.9 Å². The van der Waals surface area contributed by atoms with Gasteiger partial charge in [0.2, 0.25) is 0 Å². The van der Waals surface area contributed by atoms with Gasteiger partial charge in [-0.25, -0.2) is 9.97 Å². The van der Waals surface area contributed by atoms with Crippen molar-refractivity contribution >= 4 is 58.5 Å². The molecule has 0 unspecified atom stereocenters. The van der Waals surface area contributed by atoms with Crippen molar-refractivity contribution in [2.24, 2.45) is 0 Å². The first kappa shape index (κ1) is 18.0. The molecule has 8 bridgehead atoms. The first-order chi connectivity index (χ1) is 15.2. The third-order valence-electron chi connectivity index (χ3n) is 5.34. The highest BCUT2D eigenvalue weighted by Gasteiger charge is 2.12. The molecule has 0 atom stereocenters. The van der Waals surface area contributed by atoms with E-state index in [9.17, 15) is 0 Å². The van der Waals surface area contributed by atoms with Crippen LogP contribution in [-0.4, -0.2) is 19.9 Å². The van der Waals surface area contributed by atoms with E-state index in [-0.39, 0.29) is 0 Å². The fourth-order valence-electron chi connectivity index (χ4n) is 3.89. The Labute approximate surface area is 184 Å². The van der Waals surface area contributed by atoms with Crippen LogP contribution in [0.15, 0.2) is 77.7 Å². The number of hydrogen-bond acceptors (Lipinski definition) is 3. The van der Waals surface area contributed by atoms with E-state index in [4.69, 9.17) is 4.98 Å². The Morgan fingerprint density at radius 1 is 0.581 bits per heavy atom. The number of fused-ring (bicyclic) bond motifs is 8. The van der Waals surface area contributed by atoms with Crippen LogP contribution in [0.5, 0.6) is 0 Å². The smallest absolute Gasteiger partial charge is 0.0736 e. The van der Waals surface area contributed by atoms with E-state index in [1.54, 1.807) is 0 Å². The molecule has 1 aromatic carbocycles. The van der Waals surface area contributed by atoms with E-state index < -0.39 is 0 Å². The summed E-state index contributed by atoms with van der Waals surface area (Å²) in [4.78, 5) is 17.4. The first-order valence-corrected chi connectivity index (χ1v) is 10.5. The van der Waals surface area contributed by atoms with E-state index in [1.807, 2.05) is 36.4 Å². The molecule has 0 aliphatic carbocycles. The minimum absolute atomic E-state index is 0.906. The molecular weight excluding hydrogens is 400 g/mol. The molecular formula is C26H18N4S. The van der Waals surface area contributed by atoms with Crippen molar-refractivity contribution in [1.29, 1.82) is 0 Å². The fraction of sp³-hybridized carbons (Fsp3) is 0. The van der Waals surface area contributed by atoms with Gasteiger partial charge < -0.3 is 9.97 Å². The summed E-state index contributed by atoms with van der Waals surface area (Å²) in [6, 6.07) is 24.6. The molecule has 0 radical (unpaired) electrons. The maximum Gasteiger partial charge on any atom is 0.0736 e. The number of nitrogens with one attached hydrogen (secondary N) is 2. The van der Waals surface area contributed by atoms with Crippen LogP contribution in [0.4, 0.5) is 0 Å². The molecule has 5 heteroatoms. The lowest BCUT2D eigenvalue weighted by atomic mass is 10.0. The number of hydrogen-bond donors (Lipinski definition) is 3. The highest BCUT2D eigenvalue weighted by atomic mass is 32.1. The zero-order valence-electron chi connectivity index (χ0n) is 16.5. The maximum atomic E-state index is 4.91. The summed E-state index contributed by atoms with van der Waals surface area (Å²) in [5.74, 6) is 0. The molecule has 2 N–H and O–H groups in total. The topological polar surface area (TPSA) is 57.4 Å².